The van der Waals surface area contributed by atoms with Gasteiger partial charge in [0.1, 0.15) is 5.75 Å². The fourth-order valence-corrected chi connectivity index (χ4v) is 4.95. The molecule has 1 N–H and O–H groups in total. The average Bonchev–Trinajstić information content (AvgIpc) is 2.52. The van der Waals surface area contributed by atoms with Crippen LogP contribution in [0.15, 0.2) is 29.2 Å². The molecule has 0 amide bonds. The largest absolute Gasteiger partial charge is 0.497 e. The Morgan fingerprint density at radius 1 is 1.11 bits per heavy atom. The van der Waals surface area contributed by atoms with Crippen LogP contribution in [0.3, 0.4) is 0 Å². The minimum atomic E-state index is -3.67. The molecule has 1 rings (SSSR count). The van der Waals surface area contributed by atoms with Crippen molar-refractivity contribution in [2.45, 2.75) is 39.0 Å². The van der Waals surface area contributed by atoms with E-state index < -0.39 is 25.5 Å². The minimum Gasteiger partial charge on any atom is -0.497 e. The van der Waals surface area contributed by atoms with Gasteiger partial charge in [-0.25, -0.2) is 21.6 Å². The van der Waals surface area contributed by atoms with Crippen molar-refractivity contribution in [1.29, 1.82) is 0 Å². The topological polar surface area (TPSA) is 92.8 Å². The van der Waals surface area contributed by atoms with E-state index in [9.17, 15) is 16.8 Å². The van der Waals surface area contributed by atoms with E-state index >= 15 is 0 Å². The predicted molar refractivity (Wildman–Crippen MR) is 108 cm³/mol. The number of nitrogens with zero attached hydrogens (tertiary/aromatic N) is 1. The summed E-state index contributed by atoms with van der Waals surface area (Å²) in [4.78, 5) is 0.217. The normalized spacial score (nSPS) is 13.3. The van der Waals surface area contributed by atoms with Crippen LogP contribution in [-0.2, 0) is 20.0 Å². The molecule has 0 saturated carbocycles. The molecule has 27 heavy (non-hydrogen) atoms. The Balaban J connectivity index is 3.02. The van der Waals surface area contributed by atoms with Gasteiger partial charge in [-0.15, -0.1) is 0 Å². The Bertz CT molecular complexity index is 801. The molecule has 0 bridgehead atoms. The van der Waals surface area contributed by atoms with Crippen LogP contribution in [0.2, 0.25) is 0 Å². The van der Waals surface area contributed by atoms with Crippen molar-refractivity contribution in [3.8, 4) is 5.75 Å². The Morgan fingerprint density at radius 3 is 2.11 bits per heavy atom. The van der Waals surface area contributed by atoms with Crippen LogP contribution in [0.1, 0.15) is 34.1 Å². The molecule has 0 aliphatic heterocycles. The second-order valence-corrected chi connectivity index (χ2v) is 11.7. The lowest BCUT2D eigenvalue weighted by Gasteiger charge is -2.33. The first-order chi connectivity index (χ1) is 12.3. The maximum Gasteiger partial charge on any atom is 0.243 e. The molecule has 0 radical (unpaired) electrons. The number of ether oxygens (including phenoxy) is 1. The van der Waals surface area contributed by atoms with E-state index in [4.69, 9.17) is 4.74 Å². The second kappa shape index (κ2) is 9.36. The fraction of sp³-hybridized carbons (Fsp3) is 0.667. The van der Waals surface area contributed by atoms with E-state index in [2.05, 4.69) is 4.72 Å². The van der Waals surface area contributed by atoms with E-state index in [0.29, 0.717) is 25.3 Å². The maximum absolute atomic E-state index is 13.2. The van der Waals surface area contributed by atoms with Crippen molar-refractivity contribution in [2.24, 2.45) is 11.3 Å². The van der Waals surface area contributed by atoms with Gasteiger partial charge in [-0.3, -0.25) is 0 Å². The highest BCUT2D eigenvalue weighted by atomic mass is 32.2. The van der Waals surface area contributed by atoms with Crippen LogP contribution < -0.4 is 9.46 Å². The van der Waals surface area contributed by atoms with E-state index in [1.165, 1.54) is 11.4 Å². The molecular formula is C18H32N2O5S2. The van der Waals surface area contributed by atoms with Gasteiger partial charge in [-0.1, -0.05) is 27.7 Å². The van der Waals surface area contributed by atoms with Gasteiger partial charge >= 0.3 is 0 Å². The minimum absolute atomic E-state index is 0.156. The summed E-state index contributed by atoms with van der Waals surface area (Å²) < 4.78 is 57.9. The summed E-state index contributed by atoms with van der Waals surface area (Å²) in [6.07, 6.45) is 1.63. The van der Waals surface area contributed by atoms with Crippen molar-refractivity contribution in [2.75, 3.05) is 33.0 Å². The zero-order chi connectivity index (χ0) is 20.9. The van der Waals surface area contributed by atoms with Crippen molar-refractivity contribution in [3.63, 3.8) is 0 Å². The molecule has 0 fully saturated rings. The fourth-order valence-electron chi connectivity index (χ4n) is 2.68. The highest BCUT2D eigenvalue weighted by Crippen LogP contribution is 2.27. The highest BCUT2D eigenvalue weighted by Gasteiger charge is 2.31. The smallest absolute Gasteiger partial charge is 0.243 e. The van der Waals surface area contributed by atoms with Gasteiger partial charge in [-0.05, 0) is 42.0 Å². The molecule has 7 nitrogen and oxygen atoms in total. The Hall–Kier alpha value is -1.16. The number of nitrogens with one attached hydrogen (secondary N) is 1. The zero-order valence-corrected chi connectivity index (χ0v) is 18.7. The lowest BCUT2D eigenvalue weighted by Crippen LogP contribution is -2.42. The summed E-state index contributed by atoms with van der Waals surface area (Å²) in [5.74, 6) is 0.750. The first kappa shape index (κ1) is 23.9. The molecule has 0 aromatic heterocycles. The molecule has 0 unspecified atom stereocenters. The molecule has 0 saturated heterocycles. The molecule has 0 aliphatic carbocycles. The summed E-state index contributed by atoms with van der Waals surface area (Å²) in [6, 6.07) is 6.34. The van der Waals surface area contributed by atoms with Gasteiger partial charge in [0.15, 0.2) is 0 Å². The number of benzene rings is 1. The molecule has 1 aromatic rings. The van der Waals surface area contributed by atoms with Crippen LogP contribution in [0.4, 0.5) is 0 Å². The van der Waals surface area contributed by atoms with Gasteiger partial charge in [0.05, 0.1) is 18.3 Å². The molecule has 0 spiro atoms. The van der Waals surface area contributed by atoms with Gasteiger partial charge in [0.2, 0.25) is 20.0 Å². The quantitative estimate of drug-likeness (QED) is 0.593. The molecule has 0 aliphatic rings. The third-order valence-corrected chi connectivity index (χ3v) is 6.59. The summed E-state index contributed by atoms with van der Waals surface area (Å²) in [7, 11) is -5.40. The second-order valence-electron chi connectivity index (χ2n) is 7.95. The van der Waals surface area contributed by atoms with Crippen LogP contribution in [0.5, 0.6) is 5.75 Å². The molecule has 0 heterocycles. The third-order valence-electron chi connectivity index (χ3n) is 4.04. The van der Waals surface area contributed by atoms with Crippen molar-refractivity contribution in [1.82, 2.24) is 9.03 Å². The SMILES string of the molecule is COc1ccc(S(=O)(=O)N(CC(C)C)CC(C)(C)CCNS(C)(=O)=O)cc1. The number of methoxy groups -OCH3 is 1. The first-order valence-corrected chi connectivity index (χ1v) is 12.2. The molecular weight excluding hydrogens is 388 g/mol. The van der Waals surface area contributed by atoms with Crippen molar-refractivity contribution < 1.29 is 21.6 Å². The van der Waals surface area contributed by atoms with Crippen molar-refractivity contribution >= 4 is 20.0 Å². The Labute approximate surface area is 164 Å². The molecule has 156 valence electrons. The van der Waals surface area contributed by atoms with E-state index in [1.54, 1.807) is 24.3 Å². The van der Waals surface area contributed by atoms with Crippen molar-refractivity contribution in [3.05, 3.63) is 24.3 Å². The lowest BCUT2D eigenvalue weighted by molar-refractivity contribution is 0.231. The van der Waals surface area contributed by atoms with Crippen LogP contribution in [0, 0.1) is 11.3 Å². The number of hydrogen-bond acceptors (Lipinski definition) is 5. The number of rotatable bonds is 11. The average molecular weight is 421 g/mol. The van der Waals surface area contributed by atoms with Crippen LogP contribution in [-0.4, -0.2) is 54.1 Å². The standard InChI is InChI=1S/C18H32N2O5S2/c1-15(2)13-20(14-18(3,4)11-12-19-26(6,21)22)27(23,24)17-9-7-16(25-5)8-10-17/h7-10,15,19H,11-14H2,1-6H3. The number of hydrogen-bond donors (Lipinski definition) is 1. The molecule has 9 heteroatoms. The Morgan fingerprint density at radius 2 is 1.67 bits per heavy atom. The van der Waals surface area contributed by atoms with Gasteiger partial charge in [0, 0.05) is 19.6 Å². The van der Waals surface area contributed by atoms with Gasteiger partial charge in [-0.2, -0.15) is 4.31 Å². The monoisotopic (exact) mass is 420 g/mol. The zero-order valence-electron chi connectivity index (χ0n) is 17.0. The summed E-state index contributed by atoms with van der Waals surface area (Å²) >= 11 is 0. The van der Waals surface area contributed by atoms with E-state index in [1.807, 2.05) is 27.7 Å². The first-order valence-electron chi connectivity index (χ1n) is 8.86. The van der Waals surface area contributed by atoms with Gasteiger partial charge in [0.25, 0.3) is 0 Å². The van der Waals surface area contributed by atoms with Crippen LogP contribution >= 0.6 is 0 Å². The predicted octanol–water partition coefficient (Wildman–Crippen LogP) is 2.31. The number of sulfonamides is 2. The van der Waals surface area contributed by atoms with Crippen LogP contribution in [0.25, 0.3) is 0 Å². The molecule has 0 atom stereocenters. The van der Waals surface area contributed by atoms with Gasteiger partial charge < -0.3 is 4.74 Å². The summed E-state index contributed by atoms with van der Waals surface area (Å²) in [5, 5.41) is 0. The molecule has 1 aromatic carbocycles. The summed E-state index contributed by atoms with van der Waals surface area (Å²) in [5.41, 5.74) is -0.397. The summed E-state index contributed by atoms with van der Waals surface area (Å²) in [6.45, 7) is 8.76. The van der Waals surface area contributed by atoms with E-state index in [0.717, 1.165) is 6.26 Å². The lowest BCUT2D eigenvalue weighted by atomic mass is 9.89. The highest BCUT2D eigenvalue weighted by molar-refractivity contribution is 7.89. The maximum atomic E-state index is 13.2. The third kappa shape index (κ3) is 8.16. The van der Waals surface area contributed by atoms with E-state index in [-0.39, 0.29) is 17.4 Å². The Kier molecular flexibility index (Phi) is 8.28.